The maximum atomic E-state index is 14.1. The van der Waals surface area contributed by atoms with Gasteiger partial charge in [-0.2, -0.15) is 0 Å². The first-order valence-corrected chi connectivity index (χ1v) is 27.3. The molecule has 4 rings (SSSR count). The molecule has 3 fully saturated rings. The Morgan fingerprint density at radius 2 is 1.31 bits per heavy atom. The monoisotopic (exact) mass is 1110 g/mol. The summed E-state index contributed by atoms with van der Waals surface area (Å²) in [5, 5.41) is 62.7. The standard InChI is InChI=1S/C54H95N7O17/c1-49(2,3)74-44(66)56-25-23-35(62)43(65)57-34-27-33(59-46(68)76-51(7,8)9)37(39(64)41(34)73-36-22-24-54(16,71)42(38(36)63)60(17)47(69)77-52(10,11)12)40-32(58-45(67)75-50(4,5)6)21-20-31(72-40)29-55-28-30-19-18-26-61(30)48(70)78-53(13,14)15/h20,30,32-42,55,62-64,71H,18-19,21-29H2,1-17H3,(H,56,66)(H,57,65)(H,58,67)(H,59,68)/t30?,32-,33+,34-,35+,36+,37?,38+,39+,40+,41+,42-,54+/m1/s1. The fraction of sp³-hybridized carbons (Fsp3) is 0.852. The molecular weight excluding hydrogens is 1020 g/mol. The minimum Gasteiger partial charge on any atom is -0.491 e. The van der Waals surface area contributed by atoms with Crippen molar-refractivity contribution in [2.45, 2.75) is 256 Å². The number of aliphatic hydroxyl groups is 4. The van der Waals surface area contributed by atoms with Crippen molar-refractivity contribution in [1.29, 1.82) is 0 Å². The summed E-state index contributed by atoms with van der Waals surface area (Å²) in [6.07, 6.45) is -9.76. The summed E-state index contributed by atoms with van der Waals surface area (Å²) in [6.45, 7) is 27.9. The summed E-state index contributed by atoms with van der Waals surface area (Å²) in [4.78, 5) is 83.4. The molecule has 0 aromatic heterocycles. The predicted octanol–water partition coefficient (Wildman–Crippen LogP) is 4.47. The lowest BCUT2D eigenvalue weighted by atomic mass is 9.71. The first-order chi connectivity index (χ1) is 35.6. The first kappa shape index (κ1) is 65.6. The topological polar surface area (TPSA) is 315 Å². The molecule has 0 aromatic rings. The van der Waals surface area contributed by atoms with Crippen LogP contribution in [-0.4, -0.2) is 200 Å². The Hall–Kier alpha value is -4.88. The third-order valence-electron chi connectivity index (χ3n) is 13.3. The van der Waals surface area contributed by atoms with Gasteiger partial charge in [0, 0.05) is 44.7 Å². The van der Waals surface area contributed by atoms with E-state index in [9.17, 15) is 49.2 Å². The van der Waals surface area contributed by atoms with Crippen LogP contribution in [0.25, 0.3) is 0 Å². The van der Waals surface area contributed by atoms with Crippen molar-refractivity contribution in [3.05, 3.63) is 11.8 Å². The minimum absolute atomic E-state index is 0.00637. The molecule has 2 aliphatic heterocycles. The Kier molecular flexibility index (Phi) is 22.0. The summed E-state index contributed by atoms with van der Waals surface area (Å²) >= 11 is 0. The van der Waals surface area contributed by atoms with Gasteiger partial charge in [-0.1, -0.05) is 0 Å². The van der Waals surface area contributed by atoms with Crippen molar-refractivity contribution in [3.63, 3.8) is 0 Å². The number of likely N-dealkylation sites (N-methyl/N-ethyl adjacent to an activating group) is 1. The molecule has 13 atom stereocenters. The number of ether oxygens (including phenoxy) is 7. The molecule has 2 aliphatic carbocycles. The van der Waals surface area contributed by atoms with Crippen molar-refractivity contribution in [2.24, 2.45) is 5.92 Å². The highest BCUT2D eigenvalue weighted by Crippen LogP contribution is 2.40. The Labute approximate surface area is 461 Å². The molecule has 0 bridgehead atoms. The summed E-state index contributed by atoms with van der Waals surface area (Å²) in [5.41, 5.74) is -6.00. The number of rotatable bonds is 15. The second kappa shape index (κ2) is 26.1. The third-order valence-corrected chi connectivity index (χ3v) is 13.3. The number of nitrogens with one attached hydrogen (secondary N) is 5. The number of aliphatic hydroxyl groups excluding tert-OH is 3. The van der Waals surface area contributed by atoms with Crippen molar-refractivity contribution in [3.8, 4) is 0 Å². The van der Waals surface area contributed by atoms with Crippen LogP contribution in [0.15, 0.2) is 11.8 Å². The summed E-state index contributed by atoms with van der Waals surface area (Å²) in [5.74, 6) is -1.75. The van der Waals surface area contributed by atoms with Gasteiger partial charge in [0.25, 0.3) is 0 Å². The normalized spacial score (nSPS) is 29.4. The number of likely N-dealkylation sites (tertiary alicyclic amines) is 1. The Morgan fingerprint density at radius 3 is 1.87 bits per heavy atom. The number of carbonyl (C=O) groups excluding carboxylic acids is 6. The number of amides is 6. The highest BCUT2D eigenvalue weighted by atomic mass is 16.6. The van der Waals surface area contributed by atoms with Gasteiger partial charge >= 0.3 is 30.5 Å². The number of hydrogen-bond acceptors (Lipinski definition) is 18. The van der Waals surface area contributed by atoms with E-state index in [4.69, 9.17) is 33.2 Å². The quantitative estimate of drug-likeness (QED) is 0.102. The minimum atomic E-state index is -1.74. The molecule has 24 heteroatoms. The van der Waals surface area contributed by atoms with Gasteiger partial charge in [-0.25, -0.2) is 24.0 Å². The van der Waals surface area contributed by atoms with E-state index in [1.807, 2.05) is 0 Å². The fourth-order valence-corrected chi connectivity index (χ4v) is 10.1. The maximum absolute atomic E-state index is 14.1. The van der Waals surface area contributed by atoms with Crippen LogP contribution in [-0.2, 0) is 38.0 Å². The highest BCUT2D eigenvalue weighted by Gasteiger charge is 2.56. The van der Waals surface area contributed by atoms with Gasteiger partial charge in [-0.3, -0.25) is 4.79 Å². The average molecular weight is 1110 g/mol. The van der Waals surface area contributed by atoms with Crippen molar-refractivity contribution >= 4 is 36.4 Å². The zero-order chi connectivity index (χ0) is 59.1. The lowest BCUT2D eigenvalue weighted by molar-refractivity contribution is -0.211. The number of carbonyl (C=O) groups is 6. The van der Waals surface area contributed by atoms with Crippen LogP contribution in [0.1, 0.15) is 156 Å². The zero-order valence-electron chi connectivity index (χ0n) is 49.3. The van der Waals surface area contributed by atoms with Gasteiger partial charge in [-0.15, -0.1) is 0 Å². The van der Waals surface area contributed by atoms with Gasteiger partial charge in [-0.05, 0) is 162 Å². The smallest absolute Gasteiger partial charge is 0.410 e. The van der Waals surface area contributed by atoms with E-state index in [1.54, 1.807) is 115 Å². The van der Waals surface area contributed by atoms with Crippen LogP contribution < -0.4 is 26.6 Å². The van der Waals surface area contributed by atoms with Crippen LogP contribution >= 0.6 is 0 Å². The van der Waals surface area contributed by atoms with Crippen molar-refractivity contribution in [2.75, 3.05) is 33.2 Å². The van der Waals surface area contributed by atoms with E-state index in [0.29, 0.717) is 18.8 Å². The Balaban J connectivity index is 1.79. The van der Waals surface area contributed by atoms with E-state index < -0.39 is 137 Å². The number of nitrogens with zero attached hydrogens (tertiary/aromatic N) is 2. The SMILES string of the molecule is CN(C(=O)OC(C)(C)C)[C@@H]1[C@@H](O)[C@@H](O[C@H]2[C@H](NC(=O)[C@@H](O)CCNC(=O)OC(C)(C)C)C[C@H](NC(=O)OC(C)(C)C)C([C@H]3OC(CNCC4CCCN4C(=O)OC(C)(C)C)=CC[C@H]3NC(=O)OC(C)(C)C)[C@@H]2O)CC[C@]1(C)O. The molecule has 448 valence electrons. The third kappa shape index (κ3) is 20.3. The molecule has 0 spiro atoms. The second-order valence-corrected chi connectivity index (χ2v) is 26.3. The van der Waals surface area contributed by atoms with E-state index in [0.717, 1.165) is 17.7 Å². The molecule has 4 aliphatic rings. The Bertz CT molecular complexity index is 2090. The Morgan fingerprint density at radius 1 is 0.756 bits per heavy atom. The van der Waals surface area contributed by atoms with Crippen LogP contribution in [0.3, 0.4) is 0 Å². The molecule has 0 radical (unpaired) electrons. The molecule has 0 aromatic carbocycles. The van der Waals surface area contributed by atoms with Gasteiger partial charge in [0.05, 0.1) is 42.5 Å². The largest absolute Gasteiger partial charge is 0.491 e. The number of alkyl carbamates (subject to hydrolysis) is 3. The van der Waals surface area contributed by atoms with Crippen molar-refractivity contribution in [1.82, 2.24) is 36.4 Å². The van der Waals surface area contributed by atoms with Crippen LogP contribution in [0.4, 0.5) is 24.0 Å². The predicted molar refractivity (Wildman–Crippen MR) is 286 cm³/mol. The van der Waals surface area contributed by atoms with Crippen molar-refractivity contribution < 1.29 is 82.4 Å². The first-order valence-electron chi connectivity index (χ1n) is 27.3. The summed E-state index contributed by atoms with van der Waals surface area (Å²) in [6, 6.07) is -4.82. The average Bonchev–Trinajstić information content (AvgIpc) is 3.72. The van der Waals surface area contributed by atoms with E-state index >= 15 is 0 Å². The lowest BCUT2D eigenvalue weighted by Gasteiger charge is -2.52. The van der Waals surface area contributed by atoms with Crippen LogP contribution in [0, 0.1) is 5.92 Å². The lowest BCUT2D eigenvalue weighted by Crippen LogP contribution is -2.70. The highest BCUT2D eigenvalue weighted by molar-refractivity contribution is 5.81. The van der Waals surface area contributed by atoms with Gasteiger partial charge in [0.2, 0.25) is 5.91 Å². The van der Waals surface area contributed by atoms with Gasteiger partial charge in [0.1, 0.15) is 58.2 Å². The zero-order valence-corrected chi connectivity index (χ0v) is 49.3. The molecule has 6 amide bonds. The molecule has 9 N–H and O–H groups in total. The second-order valence-electron chi connectivity index (χ2n) is 26.3. The van der Waals surface area contributed by atoms with Crippen LogP contribution in [0.2, 0.25) is 0 Å². The maximum Gasteiger partial charge on any atom is 0.410 e. The molecule has 1 saturated heterocycles. The van der Waals surface area contributed by atoms with Gasteiger partial charge in [0.15, 0.2) is 0 Å². The summed E-state index contributed by atoms with van der Waals surface area (Å²) < 4.78 is 41.5. The fourth-order valence-electron chi connectivity index (χ4n) is 10.1. The van der Waals surface area contributed by atoms with E-state index in [1.165, 1.54) is 14.0 Å². The van der Waals surface area contributed by atoms with Crippen LogP contribution in [0.5, 0.6) is 0 Å². The molecule has 2 heterocycles. The molecule has 2 saturated carbocycles. The number of hydrogen-bond donors (Lipinski definition) is 9. The molecule has 78 heavy (non-hydrogen) atoms. The molecule has 2 unspecified atom stereocenters. The van der Waals surface area contributed by atoms with E-state index in [2.05, 4.69) is 26.6 Å². The molecular formula is C54H95N7O17. The van der Waals surface area contributed by atoms with Gasteiger partial charge < -0.3 is 90.0 Å². The van der Waals surface area contributed by atoms with E-state index in [-0.39, 0.29) is 51.2 Å². The molecule has 24 nitrogen and oxygen atoms in total. The summed E-state index contributed by atoms with van der Waals surface area (Å²) in [7, 11) is 1.38.